The zero-order valence-corrected chi connectivity index (χ0v) is 15.8. The van der Waals surface area contributed by atoms with Gasteiger partial charge in [-0.15, -0.1) is 0 Å². The van der Waals surface area contributed by atoms with Gasteiger partial charge in [0.25, 0.3) is 5.69 Å². The highest BCUT2D eigenvalue weighted by Crippen LogP contribution is 2.21. The Labute approximate surface area is 166 Å². The first-order valence-electron chi connectivity index (χ1n) is 8.79. The molecule has 0 atom stereocenters. The fourth-order valence-electron chi connectivity index (χ4n) is 3.04. The van der Waals surface area contributed by atoms with Crippen LogP contribution in [0, 0.1) is 15.9 Å². The highest BCUT2D eigenvalue weighted by molar-refractivity contribution is 6.31. The minimum atomic E-state index is -0.448. The molecule has 1 amide bonds. The van der Waals surface area contributed by atoms with E-state index in [1.807, 2.05) is 4.90 Å². The molecule has 148 valence electrons. The van der Waals surface area contributed by atoms with Crippen LogP contribution in [0.4, 0.5) is 20.6 Å². The van der Waals surface area contributed by atoms with E-state index in [9.17, 15) is 19.3 Å². The number of piperazine rings is 1. The Hall–Kier alpha value is -2.87. The molecule has 0 N–H and O–H groups in total. The third-order valence-electron chi connectivity index (χ3n) is 4.60. The monoisotopic (exact) mass is 407 g/mol. The fraction of sp³-hybridized carbons (Fsp3) is 0.316. The van der Waals surface area contributed by atoms with Crippen LogP contribution in [0.5, 0.6) is 0 Å². The first-order valence-corrected chi connectivity index (χ1v) is 9.17. The van der Waals surface area contributed by atoms with Gasteiger partial charge in [0.05, 0.1) is 11.5 Å². The van der Waals surface area contributed by atoms with Crippen LogP contribution in [0.15, 0.2) is 42.5 Å². The highest BCUT2D eigenvalue weighted by atomic mass is 35.5. The molecular weight excluding hydrogens is 389 g/mol. The van der Waals surface area contributed by atoms with Crippen LogP contribution in [0.2, 0.25) is 5.02 Å². The molecule has 0 saturated carbocycles. The molecule has 0 radical (unpaired) electrons. The summed E-state index contributed by atoms with van der Waals surface area (Å²) in [5.74, 6) is -0.416. The number of carbonyl (C=O) groups excluding carboxylic acids is 1. The second kappa shape index (κ2) is 8.88. The molecule has 0 aromatic heterocycles. The maximum absolute atomic E-state index is 13.7. The summed E-state index contributed by atoms with van der Waals surface area (Å²) in [7, 11) is 0. The standard InChI is InChI=1S/C19H19ClFN3O4/c20-17-2-1-3-18(21)16(17)8-13-28-19(25)23-11-9-22(10-12-23)14-4-6-15(7-5-14)24(26)27/h1-7H,8-13H2. The maximum Gasteiger partial charge on any atom is 0.409 e. The SMILES string of the molecule is O=C(OCCc1c(F)cccc1Cl)N1CCN(c2ccc([N+](=O)[O-])cc2)CC1. The molecule has 7 nitrogen and oxygen atoms in total. The maximum atomic E-state index is 13.7. The van der Waals surface area contributed by atoms with Crippen molar-refractivity contribution < 1.29 is 18.8 Å². The van der Waals surface area contributed by atoms with E-state index >= 15 is 0 Å². The third-order valence-corrected chi connectivity index (χ3v) is 4.96. The molecule has 9 heteroatoms. The Balaban J connectivity index is 1.46. The predicted molar refractivity (Wildman–Crippen MR) is 103 cm³/mol. The van der Waals surface area contributed by atoms with Crippen LogP contribution >= 0.6 is 11.6 Å². The molecule has 3 rings (SSSR count). The number of benzene rings is 2. The second-order valence-electron chi connectivity index (χ2n) is 6.31. The van der Waals surface area contributed by atoms with Crippen LogP contribution < -0.4 is 4.90 Å². The van der Waals surface area contributed by atoms with Gasteiger partial charge in [-0.05, 0) is 24.3 Å². The summed E-state index contributed by atoms with van der Waals surface area (Å²) >= 11 is 5.96. The number of halogens is 2. The summed E-state index contributed by atoms with van der Waals surface area (Å²) < 4.78 is 19.0. The Bertz CT molecular complexity index is 835. The fourth-order valence-corrected chi connectivity index (χ4v) is 3.29. The van der Waals surface area contributed by atoms with Crippen molar-refractivity contribution in [1.29, 1.82) is 0 Å². The molecule has 1 heterocycles. The van der Waals surface area contributed by atoms with E-state index < -0.39 is 16.8 Å². The lowest BCUT2D eigenvalue weighted by Crippen LogP contribution is -2.49. The molecule has 0 bridgehead atoms. The van der Waals surface area contributed by atoms with Gasteiger partial charge >= 0.3 is 6.09 Å². The minimum Gasteiger partial charge on any atom is -0.449 e. The van der Waals surface area contributed by atoms with E-state index in [1.54, 1.807) is 23.1 Å². The van der Waals surface area contributed by atoms with E-state index in [4.69, 9.17) is 16.3 Å². The van der Waals surface area contributed by atoms with Crippen molar-refractivity contribution >= 4 is 29.1 Å². The minimum absolute atomic E-state index is 0.0425. The van der Waals surface area contributed by atoms with Gasteiger partial charge in [-0.2, -0.15) is 0 Å². The third kappa shape index (κ3) is 4.69. The Morgan fingerprint density at radius 2 is 1.82 bits per heavy atom. The number of nitro benzene ring substituents is 1. The van der Waals surface area contributed by atoms with Crippen molar-refractivity contribution in [3.05, 3.63) is 69.0 Å². The van der Waals surface area contributed by atoms with Gasteiger partial charge in [0, 0.05) is 61.0 Å². The molecule has 28 heavy (non-hydrogen) atoms. The molecule has 0 unspecified atom stereocenters. The zero-order valence-electron chi connectivity index (χ0n) is 15.0. The van der Waals surface area contributed by atoms with Gasteiger partial charge in [-0.1, -0.05) is 17.7 Å². The van der Waals surface area contributed by atoms with Crippen molar-refractivity contribution in [3.8, 4) is 0 Å². The summed E-state index contributed by atoms with van der Waals surface area (Å²) in [6.45, 7) is 2.16. The van der Waals surface area contributed by atoms with Crippen LogP contribution in [0.1, 0.15) is 5.56 Å². The molecule has 1 saturated heterocycles. The largest absolute Gasteiger partial charge is 0.449 e. The van der Waals surface area contributed by atoms with Crippen molar-refractivity contribution in [1.82, 2.24) is 4.90 Å². The average Bonchev–Trinajstić information content (AvgIpc) is 2.70. The van der Waals surface area contributed by atoms with Crippen LogP contribution in [0.25, 0.3) is 0 Å². The van der Waals surface area contributed by atoms with E-state index in [-0.39, 0.29) is 18.7 Å². The van der Waals surface area contributed by atoms with E-state index in [0.29, 0.717) is 36.8 Å². The molecule has 2 aromatic rings. The van der Waals surface area contributed by atoms with E-state index in [2.05, 4.69) is 0 Å². The second-order valence-corrected chi connectivity index (χ2v) is 6.72. The number of hydrogen-bond donors (Lipinski definition) is 0. The average molecular weight is 408 g/mol. The number of hydrogen-bond acceptors (Lipinski definition) is 5. The Morgan fingerprint density at radius 1 is 1.14 bits per heavy atom. The van der Waals surface area contributed by atoms with Crippen molar-refractivity contribution in [2.24, 2.45) is 0 Å². The number of ether oxygens (including phenoxy) is 1. The smallest absolute Gasteiger partial charge is 0.409 e. The number of rotatable bonds is 5. The number of carbonyl (C=O) groups is 1. The quantitative estimate of drug-likeness (QED) is 0.555. The lowest BCUT2D eigenvalue weighted by molar-refractivity contribution is -0.384. The van der Waals surface area contributed by atoms with Crippen molar-refractivity contribution in [2.75, 3.05) is 37.7 Å². The van der Waals surface area contributed by atoms with E-state index in [1.165, 1.54) is 24.3 Å². The summed E-state index contributed by atoms with van der Waals surface area (Å²) in [5.41, 5.74) is 1.24. The van der Waals surface area contributed by atoms with Crippen LogP contribution in [-0.4, -0.2) is 48.7 Å². The van der Waals surface area contributed by atoms with Gasteiger partial charge in [-0.25, -0.2) is 9.18 Å². The zero-order chi connectivity index (χ0) is 20.1. The normalized spacial score (nSPS) is 14.1. The molecule has 1 aliphatic heterocycles. The lowest BCUT2D eigenvalue weighted by Gasteiger charge is -2.35. The van der Waals surface area contributed by atoms with Crippen LogP contribution in [-0.2, 0) is 11.2 Å². The summed E-state index contributed by atoms with van der Waals surface area (Å²) in [6, 6.07) is 10.8. The van der Waals surface area contributed by atoms with Gasteiger partial charge in [-0.3, -0.25) is 10.1 Å². The molecule has 0 spiro atoms. The predicted octanol–water partition coefficient (Wildman–Crippen LogP) is 3.89. The Morgan fingerprint density at radius 3 is 2.43 bits per heavy atom. The number of nitro groups is 1. The molecule has 0 aliphatic carbocycles. The Kier molecular flexibility index (Phi) is 6.30. The molecule has 2 aromatic carbocycles. The molecule has 1 fully saturated rings. The number of amides is 1. The summed E-state index contributed by atoms with van der Waals surface area (Å²) in [5, 5.41) is 11.0. The summed E-state index contributed by atoms with van der Waals surface area (Å²) in [6.07, 6.45) is -0.240. The molecule has 1 aliphatic rings. The van der Waals surface area contributed by atoms with Crippen molar-refractivity contribution in [3.63, 3.8) is 0 Å². The first-order chi connectivity index (χ1) is 13.5. The van der Waals surface area contributed by atoms with Crippen LogP contribution in [0.3, 0.4) is 0 Å². The van der Waals surface area contributed by atoms with Gasteiger partial charge < -0.3 is 14.5 Å². The summed E-state index contributed by atoms with van der Waals surface area (Å²) in [4.78, 5) is 26.1. The number of nitrogens with zero attached hydrogens (tertiary/aromatic N) is 3. The first kappa shape index (κ1) is 19.9. The number of anilines is 1. The van der Waals surface area contributed by atoms with Crippen molar-refractivity contribution in [2.45, 2.75) is 6.42 Å². The van der Waals surface area contributed by atoms with Gasteiger partial charge in [0.2, 0.25) is 0 Å². The highest BCUT2D eigenvalue weighted by Gasteiger charge is 2.23. The van der Waals surface area contributed by atoms with E-state index in [0.717, 1.165) is 5.69 Å². The number of non-ortho nitro benzene ring substituents is 1. The van der Waals surface area contributed by atoms with Gasteiger partial charge in [0.1, 0.15) is 5.82 Å². The van der Waals surface area contributed by atoms with Gasteiger partial charge in [0.15, 0.2) is 0 Å². The lowest BCUT2D eigenvalue weighted by atomic mass is 10.1. The topological polar surface area (TPSA) is 75.9 Å². The molecular formula is C19H19ClFN3O4.